The van der Waals surface area contributed by atoms with E-state index in [4.69, 9.17) is 0 Å². The molecular formula is C17H32F3IN4O. The maximum Gasteiger partial charge on any atom is 0.406 e. The Morgan fingerprint density at radius 1 is 1.23 bits per heavy atom. The molecule has 0 saturated heterocycles. The number of carbonyl (C=O) groups excluding carboxylic acids is 1. The predicted molar refractivity (Wildman–Crippen MR) is 109 cm³/mol. The van der Waals surface area contributed by atoms with Gasteiger partial charge in [0.05, 0.1) is 6.54 Å². The molecule has 0 aromatic heterocycles. The van der Waals surface area contributed by atoms with Crippen molar-refractivity contribution in [2.24, 2.45) is 16.3 Å². The summed E-state index contributed by atoms with van der Waals surface area (Å²) in [6.07, 6.45) is 1.52. The van der Waals surface area contributed by atoms with Crippen LogP contribution in [0.4, 0.5) is 13.2 Å². The van der Waals surface area contributed by atoms with E-state index in [-0.39, 0.29) is 35.9 Å². The molecule has 0 aliphatic heterocycles. The normalized spacial score (nSPS) is 17.0. The number of amides is 1. The summed E-state index contributed by atoms with van der Waals surface area (Å²) in [6.45, 7) is 3.71. The van der Waals surface area contributed by atoms with Gasteiger partial charge < -0.3 is 15.5 Å². The zero-order valence-corrected chi connectivity index (χ0v) is 18.4. The van der Waals surface area contributed by atoms with Crippen molar-refractivity contribution in [2.75, 3.05) is 33.7 Å². The van der Waals surface area contributed by atoms with Crippen LogP contribution in [-0.4, -0.2) is 56.7 Å². The second-order valence-corrected chi connectivity index (χ2v) is 7.45. The Kier molecular flexibility index (Phi) is 10.9. The van der Waals surface area contributed by atoms with E-state index in [1.807, 2.05) is 0 Å². The molecule has 0 atom stereocenters. The second-order valence-electron chi connectivity index (χ2n) is 7.45. The summed E-state index contributed by atoms with van der Waals surface area (Å²) in [5, 5.41) is 6.06. The molecule has 0 radical (unpaired) electrons. The fourth-order valence-electron chi connectivity index (χ4n) is 3.59. The molecule has 0 aromatic carbocycles. The Morgan fingerprint density at radius 3 is 2.27 bits per heavy atom. The first kappa shape index (κ1) is 25.3. The fraction of sp³-hybridized carbons (Fsp3) is 0.882. The van der Waals surface area contributed by atoms with Crippen LogP contribution in [0.2, 0.25) is 0 Å². The zero-order chi connectivity index (χ0) is 19.1. The maximum absolute atomic E-state index is 12.3. The van der Waals surface area contributed by atoms with Crippen molar-refractivity contribution in [1.29, 1.82) is 0 Å². The van der Waals surface area contributed by atoms with Gasteiger partial charge >= 0.3 is 6.18 Å². The third-order valence-corrected chi connectivity index (χ3v) is 4.61. The minimum atomic E-state index is -4.39. The van der Waals surface area contributed by atoms with Gasteiger partial charge in [-0.3, -0.25) is 9.79 Å². The van der Waals surface area contributed by atoms with Gasteiger partial charge in [0, 0.05) is 20.6 Å². The molecule has 1 amide bonds. The Balaban J connectivity index is 0.00000625. The highest BCUT2D eigenvalue weighted by molar-refractivity contribution is 14.0. The van der Waals surface area contributed by atoms with Crippen molar-refractivity contribution in [3.8, 4) is 0 Å². The number of nitrogens with one attached hydrogen (secondary N) is 2. The largest absolute Gasteiger partial charge is 0.406 e. The third-order valence-electron chi connectivity index (χ3n) is 4.61. The number of halogens is 4. The average molecular weight is 492 g/mol. The highest BCUT2D eigenvalue weighted by Crippen LogP contribution is 2.42. The Labute approximate surface area is 171 Å². The van der Waals surface area contributed by atoms with Crippen molar-refractivity contribution < 1.29 is 18.0 Å². The first-order chi connectivity index (χ1) is 11.6. The van der Waals surface area contributed by atoms with E-state index in [0.29, 0.717) is 16.8 Å². The van der Waals surface area contributed by atoms with Crippen LogP contribution in [-0.2, 0) is 4.79 Å². The van der Waals surface area contributed by atoms with Crippen LogP contribution in [0.1, 0.15) is 46.0 Å². The molecular weight excluding hydrogens is 460 g/mol. The SMILES string of the molecule is CN=C(NCC(=O)N(C)CC(F)(F)F)NCC1(CC(C)C)CCCC1.I. The predicted octanol–water partition coefficient (Wildman–Crippen LogP) is 3.40. The summed E-state index contributed by atoms with van der Waals surface area (Å²) < 4.78 is 37.0. The molecule has 26 heavy (non-hydrogen) atoms. The van der Waals surface area contributed by atoms with Gasteiger partial charge in [-0.25, -0.2) is 0 Å². The second kappa shape index (κ2) is 11.2. The van der Waals surface area contributed by atoms with E-state index in [1.54, 1.807) is 7.05 Å². The van der Waals surface area contributed by atoms with Crippen molar-refractivity contribution in [3.63, 3.8) is 0 Å². The Bertz CT molecular complexity index is 463. The lowest BCUT2D eigenvalue weighted by Gasteiger charge is -2.32. The van der Waals surface area contributed by atoms with Gasteiger partial charge in [-0.05, 0) is 30.6 Å². The molecule has 1 aliphatic rings. The van der Waals surface area contributed by atoms with Crippen LogP contribution in [0.25, 0.3) is 0 Å². The molecule has 0 spiro atoms. The summed E-state index contributed by atoms with van der Waals surface area (Å²) in [5.41, 5.74) is 0.239. The zero-order valence-electron chi connectivity index (χ0n) is 16.1. The van der Waals surface area contributed by atoms with E-state index >= 15 is 0 Å². The van der Waals surface area contributed by atoms with Crippen molar-refractivity contribution in [1.82, 2.24) is 15.5 Å². The van der Waals surface area contributed by atoms with Gasteiger partial charge in [-0.15, -0.1) is 24.0 Å². The molecule has 1 rings (SSSR count). The van der Waals surface area contributed by atoms with E-state index in [1.165, 1.54) is 25.7 Å². The maximum atomic E-state index is 12.3. The number of likely N-dealkylation sites (N-methyl/N-ethyl adjacent to an activating group) is 1. The number of hydrogen-bond acceptors (Lipinski definition) is 2. The van der Waals surface area contributed by atoms with E-state index in [2.05, 4.69) is 29.5 Å². The minimum Gasteiger partial charge on any atom is -0.356 e. The van der Waals surface area contributed by atoms with Crippen LogP contribution < -0.4 is 10.6 Å². The number of guanidine groups is 1. The summed E-state index contributed by atoms with van der Waals surface area (Å²) >= 11 is 0. The lowest BCUT2D eigenvalue weighted by molar-refractivity contribution is -0.157. The molecule has 1 saturated carbocycles. The topological polar surface area (TPSA) is 56.7 Å². The molecule has 0 bridgehead atoms. The summed E-state index contributed by atoms with van der Waals surface area (Å²) in [7, 11) is 2.73. The van der Waals surface area contributed by atoms with Crippen molar-refractivity contribution >= 4 is 35.8 Å². The number of rotatable bonds is 7. The Hall–Kier alpha value is -0.740. The van der Waals surface area contributed by atoms with Gasteiger partial charge in [0.25, 0.3) is 0 Å². The minimum absolute atomic E-state index is 0. The number of carbonyl (C=O) groups is 1. The first-order valence-corrected chi connectivity index (χ1v) is 8.82. The van der Waals surface area contributed by atoms with Gasteiger partial charge in [-0.2, -0.15) is 13.2 Å². The molecule has 2 N–H and O–H groups in total. The fourth-order valence-corrected chi connectivity index (χ4v) is 3.59. The molecule has 1 fully saturated rings. The van der Waals surface area contributed by atoms with Gasteiger partial charge in [0.15, 0.2) is 5.96 Å². The van der Waals surface area contributed by atoms with Crippen LogP contribution >= 0.6 is 24.0 Å². The number of hydrogen-bond donors (Lipinski definition) is 2. The third kappa shape index (κ3) is 9.27. The molecule has 5 nitrogen and oxygen atoms in total. The van der Waals surface area contributed by atoms with Gasteiger partial charge in [0.2, 0.25) is 5.91 Å². The molecule has 0 heterocycles. The molecule has 154 valence electrons. The van der Waals surface area contributed by atoms with Gasteiger partial charge in [0.1, 0.15) is 6.54 Å². The monoisotopic (exact) mass is 492 g/mol. The highest BCUT2D eigenvalue weighted by atomic mass is 127. The molecule has 0 aromatic rings. The lowest BCUT2D eigenvalue weighted by Crippen LogP contribution is -2.47. The van der Waals surface area contributed by atoms with E-state index in [0.717, 1.165) is 20.0 Å². The highest BCUT2D eigenvalue weighted by Gasteiger charge is 2.34. The smallest absolute Gasteiger partial charge is 0.356 e. The molecule has 9 heteroatoms. The lowest BCUT2D eigenvalue weighted by atomic mass is 9.78. The Morgan fingerprint density at radius 2 is 1.81 bits per heavy atom. The van der Waals surface area contributed by atoms with Crippen LogP contribution in [0.15, 0.2) is 4.99 Å². The van der Waals surface area contributed by atoms with E-state index < -0.39 is 18.6 Å². The molecule has 1 aliphatic carbocycles. The van der Waals surface area contributed by atoms with Crippen LogP contribution in [0, 0.1) is 11.3 Å². The molecule has 0 unspecified atom stereocenters. The number of aliphatic imine (C=N–C) groups is 1. The van der Waals surface area contributed by atoms with Gasteiger partial charge in [-0.1, -0.05) is 26.7 Å². The number of nitrogens with zero attached hydrogens (tertiary/aromatic N) is 2. The van der Waals surface area contributed by atoms with Crippen LogP contribution in [0.3, 0.4) is 0 Å². The van der Waals surface area contributed by atoms with E-state index in [9.17, 15) is 18.0 Å². The van der Waals surface area contributed by atoms with Crippen LogP contribution in [0.5, 0.6) is 0 Å². The quantitative estimate of drug-likeness (QED) is 0.326. The first-order valence-electron chi connectivity index (χ1n) is 8.82. The average Bonchev–Trinajstić information content (AvgIpc) is 2.93. The summed E-state index contributed by atoms with van der Waals surface area (Å²) in [4.78, 5) is 16.5. The number of alkyl halides is 3. The summed E-state index contributed by atoms with van der Waals surface area (Å²) in [5.74, 6) is 0.425. The standard InChI is InChI=1S/C17H31F3N4O.HI/c1-13(2)9-16(7-5-6-8-16)11-23-15(21-3)22-10-14(25)24(4)12-17(18,19)20;/h13H,5-12H2,1-4H3,(H2,21,22,23);1H. The summed E-state index contributed by atoms with van der Waals surface area (Å²) in [6, 6.07) is 0. The van der Waals surface area contributed by atoms with Crippen molar-refractivity contribution in [3.05, 3.63) is 0 Å². The van der Waals surface area contributed by atoms with Crippen molar-refractivity contribution in [2.45, 2.75) is 52.1 Å².